The summed E-state index contributed by atoms with van der Waals surface area (Å²) in [7, 11) is 0. The van der Waals surface area contributed by atoms with Gasteiger partial charge in [-0.15, -0.1) is 0 Å². The first-order valence-electron chi connectivity index (χ1n) is 4.25. The molecule has 0 aliphatic rings. The number of halogens is 3. The molecule has 0 N–H and O–H groups in total. The normalized spacial score (nSPS) is 10.3. The quantitative estimate of drug-likeness (QED) is 0.722. The molecule has 0 atom stereocenters. The van der Waals surface area contributed by atoms with Gasteiger partial charge in [0.05, 0.1) is 20.8 Å². The molecule has 0 aliphatic heterocycles. The van der Waals surface area contributed by atoms with Crippen LogP contribution >= 0.6 is 34.8 Å². The molecule has 2 aromatic rings. The Kier molecular flexibility index (Phi) is 3.15. The highest BCUT2D eigenvalue weighted by Gasteiger charge is 2.11. The fourth-order valence-corrected chi connectivity index (χ4v) is 1.83. The van der Waals surface area contributed by atoms with Gasteiger partial charge in [-0.25, -0.2) is 0 Å². The molecule has 0 bridgehead atoms. The maximum atomic E-state index is 6.05. The molecule has 0 unspecified atom stereocenters. The lowest BCUT2D eigenvalue weighted by molar-refractivity contribution is 1.33. The maximum absolute atomic E-state index is 6.05. The summed E-state index contributed by atoms with van der Waals surface area (Å²) >= 11 is 17.8. The van der Waals surface area contributed by atoms with Gasteiger partial charge in [0.2, 0.25) is 0 Å². The average Bonchev–Trinajstić information content (AvgIpc) is 2.27. The van der Waals surface area contributed by atoms with Gasteiger partial charge in [-0.1, -0.05) is 65.1 Å². The van der Waals surface area contributed by atoms with E-state index in [-0.39, 0.29) is 0 Å². The predicted molar refractivity (Wildman–Crippen MR) is 64.7 cm³/mol. The predicted octanol–water partition coefficient (Wildman–Crippen LogP) is 4.71. The number of benzene rings is 1. The number of pyridine rings is 1. The van der Waals surface area contributed by atoms with Gasteiger partial charge in [-0.2, -0.15) is 0 Å². The second-order valence-electron chi connectivity index (χ2n) is 2.95. The summed E-state index contributed by atoms with van der Waals surface area (Å²) in [4.78, 5) is 4.16. The van der Waals surface area contributed by atoms with Crippen molar-refractivity contribution >= 4 is 34.8 Å². The minimum atomic E-state index is 0.340. The molecule has 1 nitrogen and oxygen atoms in total. The molecule has 1 aromatic heterocycles. The van der Waals surface area contributed by atoms with Crippen LogP contribution in [0.1, 0.15) is 0 Å². The Labute approximate surface area is 103 Å². The second kappa shape index (κ2) is 4.40. The van der Waals surface area contributed by atoms with E-state index in [1.807, 2.05) is 30.3 Å². The van der Waals surface area contributed by atoms with E-state index in [0.717, 1.165) is 5.56 Å². The molecular weight excluding hydrogens is 252 g/mol. The van der Waals surface area contributed by atoms with Crippen molar-refractivity contribution in [2.24, 2.45) is 0 Å². The second-order valence-corrected chi connectivity index (χ2v) is 4.11. The summed E-state index contributed by atoms with van der Waals surface area (Å²) in [6.07, 6.45) is 1.50. The van der Waals surface area contributed by atoms with E-state index < -0.39 is 0 Å². The summed E-state index contributed by atoms with van der Waals surface area (Å²) in [5, 5.41) is 1.09. The fourth-order valence-electron chi connectivity index (χ4n) is 1.24. The van der Waals surface area contributed by atoms with Crippen LogP contribution in [0, 0.1) is 0 Å². The van der Waals surface area contributed by atoms with Gasteiger partial charge in [0.15, 0.2) is 0 Å². The van der Waals surface area contributed by atoms with E-state index in [4.69, 9.17) is 34.8 Å². The number of hydrogen-bond acceptors (Lipinski definition) is 1. The molecule has 0 fully saturated rings. The summed E-state index contributed by atoms with van der Waals surface area (Å²) in [6, 6.07) is 9.58. The van der Waals surface area contributed by atoms with Crippen LogP contribution in [0.2, 0.25) is 15.1 Å². The average molecular weight is 259 g/mol. The lowest BCUT2D eigenvalue weighted by Gasteiger charge is -2.05. The first-order valence-corrected chi connectivity index (χ1v) is 5.38. The summed E-state index contributed by atoms with van der Waals surface area (Å²) < 4.78 is 0. The molecular formula is C11H6Cl3N. The van der Waals surface area contributed by atoms with E-state index in [0.29, 0.717) is 20.8 Å². The minimum absolute atomic E-state index is 0.340. The zero-order chi connectivity index (χ0) is 10.8. The first-order chi connectivity index (χ1) is 7.20. The van der Waals surface area contributed by atoms with Gasteiger partial charge >= 0.3 is 0 Å². The van der Waals surface area contributed by atoms with Crippen molar-refractivity contribution in [1.82, 2.24) is 4.98 Å². The first kappa shape index (κ1) is 10.7. The Morgan fingerprint density at radius 1 is 0.867 bits per heavy atom. The molecule has 1 heterocycles. The summed E-state index contributed by atoms with van der Waals surface area (Å²) in [6.45, 7) is 0. The zero-order valence-corrected chi connectivity index (χ0v) is 9.81. The third kappa shape index (κ3) is 2.10. The van der Waals surface area contributed by atoms with Gasteiger partial charge in [0, 0.05) is 11.8 Å². The van der Waals surface area contributed by atoms with Crippen LogP contribution in [0.25, 0.3) is 11.3 Å². The van der Waals surface area contributed by atoms with Crippen molar-refractivity contribution in [3.63, 3.8) is 0 Å². The highest BCUT2D eigenvalue weighted by Crippen LogP contribution is 2.35. The van der Waals surface area contributed by atoms with Gasteiger partial charge in [-0.05, 0) is 0 Å². The Morgan fingerprint density at radius 2 is 1.53 bits per heavy atom. The van der Waals surface area contributed by atoms with Crippen molar-refractivity contribution in [2.75, 3.05) is 0 Å². The molecule has 1 aromatic carbocycles. The molecule has 0 aliphatic carbocycles. The molecule has 0 spiro atoms. The van der Waals surface area contributed by atoms with Crippen LogP contribution in [-0.4, -0.2) is 4.98 Å². The Morgan fingerprint density at radius 3 is 2.20 bits per heavy atom. The number of aromatic nitrogens is 1. The van der Waals surface area contributed by atoms with Crippen molar-refractivity contribution in [1.29, 1.82) is 0 Å². The van der Waals surface area contributed by atoms with Gasteiger partial charge in [0.1, 0.15) is 0 Å². The number of nitrogens with zero attached hydrogens (tertiary/aromatic N) is 1. The summed E-state index contributed by atoms with van der Waals surface area (Å²) in [5.74, 6) is 0. The number of rotatable bonds is 1. The lowest BCUT2D eigenvalue weighted by atomic mass is 10.1. The highest BCUT2D eigenvalue weighted by molar-refractivity contribution is 6.48. The van der Waals surface area contributed by atoms with Gasteiger partial charge in [0.25, 0.3) is 0 Å². The largest absolute Gasteiger partial charge is 0.253 e. The molecule has 76 valence electrons. The minimum Gasteiger partial charge on any atom is -0.253 e. The van der Waals surface area contributed by atoms with E-state index in [1.54, 1.807) is 0 Å². The molecule has 0 saturated heterocycles. The Bertz CT molecular complexity index is 483. The monoisotopic (exact) mass is 257 g/mol. The van der Waals surface area contributed by atoms with Crippen LogP contribution < -0.4 is 0 Å². The van der Waals surface area contributed by atoms with Crippen molar-refractivity contribution in [3.05, 3.63) is 51.6 Å². The standard InChI is InChI=1S/C11H6Cl3N/c12-8-6-15-11(10(14)9(8)13)7-4-2-1-3-5-7/h1-6H. The number of hydrogen-bond donors (Lipinski definition) is 0. The van der Waals surface area contributed by atoms with Crippen molar-refractivity contribution < 1.29 is 0 Å². The molecule has 0 radical (unpaired) electrons. The van der Waals surface area contributed by atoms with Crippen LogP contribution in [0.4, 0.5) is 0 Å². The summed E-state index contributed by atoms with van der Waals surface area (Å²) in [5.41, 5.74) is 1.56. The molecule has 0 saturated carbocycles. The van der Waals surface area contributed by atoms with Crippen molar-refractivity contribution in [2.45, 2.75) is 0 Å². The van der Waals surface area contributed by atoms with E-state index in [9.17, 15) is 0 Å². The topological polar surface area (TPSA) is 12.9 Å². The Hall–Kier alpha value is -0.760. The van der Waals surface area contributed by atoms with Crippen LogP contribution in [0.15, 0.2) is 36.5 Å². The molecule has 4 heteroatoms. The van der Waals surface area contributed by atoms with Crippen LogP contribution in [-0.2, 0) is 0 Å². The lowest BCUT2D eigenvalue weighted by Crippen LogP contribution is -1.86. The smallest absolute Gasteiger partial charge is 0.0904 e. The third-order valence-electron chi connectivity index (χ3n) is 1.96. The molecule has 15 heavy (non-hydrogen) atoms. The zero-order valence-electron chi connectivity index (χ0n) is 7.55. The molecule has 0 amide bonds. The third-order valence-corrected chi connectivity index (χ3v) is 3.21. The van der Waals surface area contributed by atoms with Crippen molar-refractivity contribution in [3.8, 4) is 11.3 Å². The Balaban J connectivity index is 2.60. The SMILES string of the molecule is Clc1cnc(-c2ccccc2)c(Cl)c1Cl. The van der Waals surface area contributed by atoms with E-state index in [1.165, 1.54) is 6.20 Å². The highest BCUT2D eigenvalue weighted by atomic mass is 35.5. The van der Waals surface area contributed by atoms with Crippen LogP contribution in [0.5, 0.6) is 0 Å². The fraction of sp³-hybridized carbons (Fsp3) is 0. The molecule has 2 rings (SSSR count). The van der Waals surface area contributed by atoms with Crippen LogP contribution in [0.3, 0.4) is 0 Å². The maximum Gasteiger partial charge on any atom is 0.0904 e. The van der Waals surface area contributed by atoms with E-state index in [2.05, 4.69) is 4.98 Å². The van der Waals surface area contributed by atoms with E-state index >= 15 is 0 Å². The van der Waals surface area contributed by atoms with Gasteiger partial charge in [-0.3, -0.25) is 4.98 Å². The van der Waals surface area contributed by atoms with Gasteiger partial charge < -0.3 is 0 Å².